The number of alkyl halides is 3. The molecule has 126 valence electrons. The summed E-state index contributed by atoms with van der Waals surface area (Å²) in [5, 5.41) is 0. The molecule has 1 aliphatic heterocycles. The fraction of sp³-hybridized carbons (Fsp3) is 0.267. The number of carbonyl (C=O) groups is 1. The highest BCUT2D eigenvalue weighted by Crippen LogP contribution is 2.35. The molecule has 3 rings (SSSR count). The van der Waals surface area contributed by atoms with Crippen molar-refractivity contribution in [1.29, 1.82) is 0 Å². The van der Waals surface area contributed by atoms with Crippen LogP contribution in [-0.2, 0) is 6.18 Å². The Labute approximate surface area is 133 Å². The first-order valence-corrected chi connectivity index (χ1v) is 7.01. The number of carbonyl (C=O) groups excluding carboxylic acids is 1. The normalized spacial score (nSPS) is 15.0. The highest BCUT2D eigenvalue weighted by atomic mass is 19.4. The molecular weight excluding hydrogens is 327 g/mol. The third kappa shape index (κ3) is 3.24. The summed E-state index contributed by atoms with van der Waals surface area (Å²) in [6.07, 6.45) is -2.61. The van der Waals surface area contributed by atoms with Crippen molar-refractivity contribution in [2.75, 3.05) is 13.1 Å². The molecule has 0 bridgehead atoms. The maximum atomic E-state index is 12.9. The van der Waals surface area contributed by atoms with Crippen molar-refractivity contribution in [2.24, 2.45) is 0 Å². The van der Waals surface area contributed by atoms with Crippen LogP contribution < -0.4 is 10.3 Å². The summed E-state index contributed by atoms with van der Waals surface area (Å²) in [5.74, 6) is -0.825. The molecule has 1 saturated heterocycles. The predicted octanol–water partition coefficient (Wildman–Crippen LogP) is 1.69. The van der Waals surface area contributed by atoms with Crippen molar-refractivity contribution in [3.8, 4) is 5.88 Å². The lowest BCUT2D eigenvalue weighted by atomic mass is 10.1. The van der Waals surface area contributed by atoms with Gasteiger partial charge in [0.15, 0.2) is 0 Å². The van der Waals surface area contributed by atoms with Crippen molar-refractivity contribution < 1.29 is 22.7 Å². The van der Waals surface area contributed by atoms with Crippen molar-refractivity contribution in [2.45, 2.75) is 12.3 Å². The van der Waals surface area contributed by atoms with E-state index in [9.17, 15) is 22.8 Å². The summed E-state index contributed by atoms with van der Waals surface area (Å²) in [4.78, 5) is 30.5. The summed E-state index contributed by atoms with van der Waals surface area (Å²) in [7, 11) is 0. The van der Waals surface area contributed by atoms with Crippen molar-refractivity contribution in [1.82, 2.24) is 14.9 Å². The van der Waals surface area contributed by atoms with Crippen LogP contribution in [0, 0.1) is 0 Å². The monoisotopic (exact) mass is 339 g/mol. The van der Waals surface area contributed by atoms with Crippen molar-refractivity contribution in [3.63, 3.8) is 0 Å². The number of rotatable bonds is 3. The Morgan fingerprint density at radius 1 is 1.29 bits per heavy atom. The van der Waals surface area contributed by atoms with Gasteiger partial charge < -0.3 is 14.6 Å². The topological polar surface area (TPSA) is 75.3 Å². The Morgan fingerprint density at radius 3 is 2.67 bits per heavy atom. The van der Waals surface area contributed by atoms with Crippen LogP contribution in [0.1, 0.15) is 15.9 Å². The number of likely N-dealkylation sites (tertiary alicyclic amines) is 1. The minimum Gasteiger partial charge on any atom is -0.470 e. The minimum atomic E-state index is -4.56. The van der Waals surface area contributed by atoms with Gasteiger partial charge in [0.05, 0.1) is 18.7 Å². The van der Waals surface area contributed by atoms with Gasteiger partial charge in [0.25, 0.3) is 5.91 Å². The molecule has 0 spiro atoms. The smallest absolute Gasteiger partial charge is 0.421 e. The SMILES string of the molecule is O=C(c1ccc(=O)[nH]c1)N1CC(Oc2ncccc2C(F)(F)F)C1. The van der Waals surface area contributed by atoms with Crippen LogP contribution in [0.2, 0.25) is 0 Å². The van der Waals surface area contributed by atoms with Gasteiger partial charge in [-0.2, -0.15) is 13.2 Å². The number of aromatic amines is 1. The average molecular weight is 339 g/mol. The first-order valence-electron chi connectivity index (χ1n) is 7.01. The molecule has 9 heteroatoms. The summed E-state index contributed by atoms with van der Waals surface area (Å²) < 4.78 is 43.9. The number of H-pyrrole nitrogens is 1. The van der Waals surface area contributed by atoms with E-state index in [4.69, 9.17) is 4.74 Å². The molecular formula is C15H12F3N3O3. The molecule has 24 heavy (non-hydrogen) atoms. The molecule has 1 N–H and O–H groups in total. The van der Waals surface area contributed by atoms with Gasteiger partial charge >= 0.3 is 6.18 Å². The molecule has 1 amide bonds. The van der Waals surface area contributed by atoms with E-state index >= 15 is 0 Å². The van der Waals surface area contributed by atoms with Crippen LogP contribution in [0.5, 0.6) is 5.88 Å². The molecule has 0 aromatic carbocycles. The number of amides is 1. The van der Waals surface area contributed by atoms with E-state index in [1.54, 1.807) is 0 Å². The van der Waals surface area contributed by atoms with Gasteiger partial charge in [0, 0.05) is 18.5 Å². The molecule has 1 aliphatic rings. The van der Waals surface area contributed by atoms with Gasteiger partial charge in [-0.05, 0) is 18.2 Å². The van der Waals surface area contributed by atoms with E-state index in [0.29, 0.717) is 5.56 Å². The molecule has 6 nitrogen and oxygen atoms in total. The first-order chi connectivity index (χ1) is 11.3. The quantitative estimate of drug-likeness (QED) is 0.923. The average Bonchev–Trinajstić information content (AvgIpc) is 2.50. The number of nitrogens with one attached hydrogen (secondary N) is 1. The fourth-order valence-corrected chi connectivity index (χ4v) is 2.26. The van der Waals surface area contributed by atoms with Crippen molar-refractivity contribution in [3.05, 3.63) is 58.1 Å². The van der Waals surface area contributed by atoms with Gasteiger partial charge in [-0.25, -0.2) is 4.98 Å². The molecule has 1 fully saturated rings. The zero-order chi connectivity index (χ0) is 17.3. The maximum Gasteiger partial charge on any atom is 0.421 e. The van der Waals surface area contributed by atoms with Crippen LogP contribution in [0.15, 0.2) is 41.5 Å². The van der Waals surface area contributed by atoms with Crippen LogP contribution in [0.4, 0.5) is 13.2 Å². The number of nitrogens with zero attached hydrogens (tertiary/aromatic N) is 2. The number of hydrogen-bond acceptors (Lipinski definition) is 4. The second kappa shape index (κ2) is 5.99. The van der Waals surface area contributed by atoms with Gasteiger partial charge in [-0.1, -0.05) is 0 Å². The Balaban J connectivity index is 1.63. The predicted molar refractivity (Wildman–Crippen MR) is 76.6 cm³/mol. The summed E-state index contributed by atoms with van der Waals surface area (Å²) >= 11 is 0. The number of halogens is 3. The van der Waals surface area contributed by atoms with E-state index in [-0.39, 0.29) is 24.6 Å². The lowest BCUT2D eigenvalue weighted by Crippen LogP contribution is -2.56. The Hall–Kier alpha value is -2.84. The van der Waals surface area contributed by atoms with Gasteiger partial charge in [-0.3, -0.25) is 9.59 Å². The van der Waals surface area contributed by atoms with E-state index in [2.05, 4.69) is 9.97 Å². The Morgan fingerprint density at radius 2 is 2.04 bits per heavy atom. The maximum absolute atomic E-state index is 12.9. The van der Waals surface area contributed by atoms with Gasteiger partial charge in [0.2, 0.25) is 11.4 Å². The number of pyridine rings is 2. The largest absolute Gasteiger partial charge is 0.470 e. The van der Waals surface area contributed by atoms with Crippen LogP contribution in [-0.4, -0.2) is 40.0 Å². The molecule has 2 aromatic rings. The van der Waals surface area contributed by atoms with E-state index in [0.717, 1.165) is 6.07 Å². The third-order valence-corrected chi connectivity index (χ3v) is 3.52. The zero-order valence-electron chi connectivity index (χ0n) is 12.2. The van der Waals surface area contributed by atoms with Crippen LogP contribution in [0.3, 0.4) is 0 Å². The molecule has 2 aromatic heterocycles. The number of hydrogen-bond donors (Lipinski definition) is 1. The standard InChI is InChI=1S/C15H12F3N3O3/c16-15(17,18)11-2-1-5-19-13(11)24-10-7-21(8-10)14(23)9-3-4-12(22)20-6-9/h1-6,10H,7-8H2,(H,20,22). The first kappa shape index (κ1) is 16.0. The molecule has 0 aliphatic carbocycles. The van der Waals surface area contributed by atoms with Crippen LogP contribution >= 0.6 is 0 Å². The Kier molecular flexibility index (Phi) is 4.00. The number of ether oxygens (including phenoxy) is 1. The minimum absolute atomic E-state index is 0.145. The summed E-state index contributed by atoms with van der Waals surface area (Å²) in [6, 6.07) is 4.69. The highest BCUT2D eigenvalue weighted by molar-refractivity contribution is 5.94. The van der Waals surface area contributed by atoms with Crippen molar-refractivity contribution >= 4 is 5.91 Å². The lowest BCUT2D eigenvalue weighted by Gasteiger charge is -2.38. The lowest BCUT2D eigenvalue weighted by molar-refractivity contribution is -0.140. The molecule has 0 saturated carbocycles. The fourth-order valence-electron chi connectivity index (χ4n) is 2.26. The summed E-state index contributed by atoms with van der Waals surface area (Å²) in [5.41, 5.74) is -0.983. The van der Waals surface area contributed by atoms with Gasteiger partial charge in [-0.15, -0.1) is 0 Å². The number of aromatic nitrogens is 2. The zero-order valence-corrected chi connectivity index (χ0v) is 12.2. The van der Waals surface area contributed by atoms with E-state index < -0.39 is 23.7 Å². The highest BCUT2D eigenvalue weighted by Gasteiger charge is 2.38. The second-order valence-electron chi connectivity index (χ2n) is 5.25. The van der Waals surface area contributed by atoms with Crippen LogP contribution in [0.25, 0.3) is 0 Å². The molecule has 3 heterocycles. The van der Waals surface area contributed by atoms with Gasteiger partial charge in [0.1, 0.15) is 11.7 Å². The molecule has 0 unspecified atom stereocenters. The summed E-state index contributed by atoms with van der Waals surface area (Å²) in [6.45, 7) is 0.289. The van der Waals surface area contributed by atoms with E-state index in [1.807, 2.05) is 0 Å². The molecule has 0 radical (unpaired) electrons. The second-order valence-corrected chi connectivity index (χ2v) is 5.25. The van der Waals surface area contributed by atoms with E-state index in [1.165, 1.54) is 35.5 Å². The Bertz CT molecular complexity index is 793. The molecule has 0 atom stereocenters. The third-order valence-electron chi connectivity index (χ3n) is 3.52.